The van der Waals surface area contributed by atoms with Crippen LogP contribution in [0.2, 0.25) is 0 Å². The van der Waals surface area contributed by atoms with Gasteiger partial charge in [0.25, 0.3) is 0 Å². The van der Waals surface area contributed by atoms with Gasteiger partial charge in [0.2, 0.25) is 11.8 Å². The summed E-state index contributed by atoms with van der Waals surface area (Å²) in [6.45, 7) is 2.05. The fourth-order valence-electron chi connectivity index (χ4n) is 2.26. The minimum absolute atomic E-state index is 0.594. The Labute approximate surface area is 143 Å². The van der Waals surface area contributed by atoms with Gasteiger partial charge in [-0.15, -0.1) is 0 Å². The third-order valence-corrected chi connectivity index (χ3v) is 4.27. The smallest absolute Gasteiger partial charge is 0.227 e. The van der Waals surface area contributed by atoms with Crippen LogP contribution in [0.4, 0.5) is 0 Å². The minimum atomic E-state index is 0.594. The van der Waals surface area contributed by atoms with Crippen LogP contribution in [0.15, 0.2) is 86.0 Å². The van der Waals surface area contributed by atoms with Gasteiger partial charge in [0, 0.05) is 11.1 Å². The van der Waals surface area contributed by atoms with Crippen molar-refractivity contribution in [3.05, 3.63) is 72.6 Å². The van der Waals surface area contributed by atoms with E-state index in [9.17, 15) is 0 Å². The lowest BCUT2D eigenvalue weighted by molar-refractivity contribution is 0.464. The predicted octanol–water partition coefficient (Wildman–Crippen LogP) is 5.46. The zero-order valence-corrected chi connectivity index (χ0v) is 13.8. The number of nitrogens with zero attached hydrogens (tertiary/aromatic N) is 2. The highest BCUT2D eigenvalue weighted by atomic mass is 32.2. The molecule has 0 radical (unpaired) electrons. The number of hydrogen-bond donors (Lipinski definition) is 0. The van der Waals surface area contributed by atoms with E-state index < -0.39 is 0 Å². The molecule has 2 aromatic carbocycles. The molecule has 5 heteroatoms. The Bertz CT molecular complexity index is 943. The molecule has 0 bridgehead atoms. The molecule has 2 aromatic heterocycles. The standard InChI is InChI=1S/C19H14N2O2S/c1-13-7-9-15(10-8-13)19-21-12-17(23-19)24-16-11-20-18(22-16)14-5-3-2-4-6-14/h2-12H,1H3. The Kier molecular flexibility index (Phi) is 3.92. The van der Waals surface area contributed by atoms with Gasteiger partial charge < -0.3 is 8.83 Å². The van der Waals surface area contributed by atoms with E-state index in [1.54, 1.807) is 12.4 Å². The predicted molar refractivity (Wildman–Crippen MR) is 92.7 cm³/mol. The van der Waals surface area contributed by atoms with Gasteiger partial charge in [0.15, 0.2) is 10.2 Å². The van der Waals surface area contributed by atoms with Crippen LogP contribution in [-0.4, -0.2) is 9.97 Å². The van der Waals surface area contributed by atoms with Crippen molar-refractivity contribution in [2.75, 3.05) is 0 Å². The SMILES string of the molecule is Cc1ccc(-c2ncc(Sc3cnc(-c4ccccc4)o3)o2)cc1. The van der Waals surface area contributed by atoms with E-state index >= 15 is 0 Å². The molecule has 24 heavy (non-hydrogen) atoms. The maximum Gasteiger partial charge on any atom is 0.227 e. The average Bonchev–Trinajstić information content (AvgIpc) is 3.27. The number of benzene rings is 2. The van der Waals surface area contributed by atoms with Crippen molar-refractivity contribution >= 4 is 11.8 Å². The zero-order valence-electron chi connectivity index (χ0n) is 13.0. The highest BCUT2D eigenvalue weighted by Gasteiger charge is 2.12. The van der Waals surface area contributed by atoms with Crippen molar-refractivity contribution in [3.63, 3.8) is 0 Å². The second kappa shape index (κ2) is 6.37. The quantitative estimate of drug-likeness (QED) is 0.496. The van der Waals surface area contributed by atoms with Crippen molar-refractivity contribution in [2.45, 2.75) is 17.1 Å². The van der Waals surface area contributed by atoms with Crippen molar-refractivity contribution in [1.82, 2.24) is 9.97 Å². The molecule has 2 heterocycles. The molecule has 0 aliphatic heterocycles. The second-order valence-corrected chi connectivity index (χ2v) is 6.31. The lowest BCUT2D eigenvalue weighted by Crippen LogP contribution is -1.76. The average molecular weight is 334 g/mol. The zero-order chi connectivity index (χ0) is 16.4. The molecule has 0 N–H and O–H groups in total. The number of aryl methyl sites for hydroxylation is 1. The lowest BCUT2D eigenvalue weighted by Gasteiger charge is -1.96. The molecule has 0 aliphatic rings. The fourth-order valence-corrected chi connectivity index (χ4v) is 2.91. The van der Waals surface area contributed by atoms with Gasteiger partial charge >= 0.3 is 0 Å². The van der Waals surface area contributed by atoms with Gasteiger partial charge in [0.05, 0.1) is 12.4 Å². The van der Waals surface area contributed by atoms with E-state index in [0.29, 0.717) is 22.0 Å². The lowest BCUT2D eigenvalue weighted by atomic mass is 10.1. The van der Waals surface area contributed by atoms with Crippen LogP contribution in [0.1, 0.15) is 5.56 Å². The Balaban J connectivity index is 1.52. The molecule has 0 atom stereocenters. The van der Waals surface area contributed by atoms with E-state index in [4.69, 9.17) is 8.83 Å². The Hall–Kier alpha value is -2.79. The topological polar surface area (TPSA) is 52.1 Å². The van der Waals surface area contributed by atoms with Gasteiger partial charge in [-0.1, -0.05) is 35.9 Å². The fraction of sp³-hybridized carbons (Fsp3) is 0.0526. The number of aromatic nitrogens is 2. The molecule has 0 saturated heterocycles. The Morgan fingerprint density at radius 2 is 1.25 bits per heavy atom. The molecule has 0 amide bonds. The van der Waals surface area contributed by atoms with E-state index in [2.05, 4.69) is 16.9 Å². The van der Waals surface area contributed by atoms with E-state index in [1.165, 1.54) is 17.3 Å². The first-order valence-corrected chi connectivity index (χ1v) is 8.31. The highest BCUT2D eigenvalue weighted by molar-refractivity contribution is 7.99. The summed E-state index contributed by atoms with van der Waals surface area (Å²) in [6.07, 6.45) is 3.39. The van der Waals surface area contributed by atoms with Crippen LogP contribution in [0, 0.1) is 6.92 Å². The highest BCUT2D eigenvalue weighted by Crippen LogP contribution is 2.33. The molecule has 4 rings (SSSR count). The Morgan fingerprint density at radius 3 is 1.83 bits per heavy atom. The summed E-state index contributed by atoms with van der Waals surface area (Å²) in [5.74, 6) is 1.19. The monoisotopic (exact) mass is 334 g/mol. The molecule has 0 aliphatic carbocycles. The maximum atomic E-state index is 5.79. The van der Waals surface area contributed by atoms with Crippen molar-refractivity contribution in [2.24, 2.45) is 0 Å². The third-order valence-electron chi connectivity index (χ3n) is 3.49. The second-order valence-electron chi connectivity index (χ2n) is 5.30. The summed E-state index contributed by atoms with van der Waals surface area (Å²) in [5.41, 5.74) is 3.10. The van der Waals surface area contributed by atoms with Crippen LogP contribution >= 0.6 is 11.8 Å². The molecule has 0 unspecified atom stereocenters. The molecule has 118 valence electrons. The first-order valence-electron chi connectivity index (χ1n) is 7.50. The summed E-state index contributed by atoms with van der Waals surface area (Å²) < 4.78 is 11.6. The van der Waals surface area contributed by atoms with Crippen molar-refractivity contribution < 1.29 is 8.83 Å². The molecular formula is C19H14N2O2S. The van der Waals surface area contributed by atoms with Crippen molar-refractivity contribution in [1.29, 1.82) is 0 Å². The normalized spacial score (nSPS) is 10.9. The molecule has 4 nitrogen and oxygen atoms in total. The van der Waals surface area contributed by atoms with E-state index in [0.717, 1.165) is 11.1 Å². The third kappa shape index (κ3) is 3.12. The summed E-state index contributed by atoms with van der Waals surface area (Å²) in [6, 6.07) is 17.9. The Morgan fingerprint density at radius 1 is 0.708 bits per heavy atom. The van der Waals surface area contributed by atoms with E-state index in [1.807, 2.05) is 54.6 Å². The summed E-state index contributed by atoms with van der Waals surface area (Å²) in [7, 11) is 0. The maximum absolute atomic E-state index is 5.79. The first-order chi connectivity index (χ1) is 11.8. The van der Waals surface area contributed by atoms with Crippen LogP contribution in [0.5, 0.6) is 0 Å². The van der Waals surface area contributed by atoms with Gasteiger partial charge in [0.1, 0.15) is 0 Å². The molecule has 0 spiro atoms. The summed E-state index contributed by atoms with van der Waals surface area (Å²) >= 11 is 1.36. The molecular weight excluding hydrogens is 320 g/mol. The number of oxazole rings is 2. The van der Waals surface area contributed by atoms with Gasteiger partial charge in [-0.25, -0.2) is 9.97 Å². The van der Waals surface area contributed by atoms with E-state index in [-0.39, 0.29) is 0 Å². The van der Waals surface area contributed by atoms with Crippen LogP contribution in [0.3, 0.4) is 0 Å². The van der Waals surface area contributed by atoms with Gasteiger partial charge in [-0.05, 0) is 43.0 Å². The largest absolute Gasteiger partial charge is 0.429 e. The molecule has 4 aromatic rings. The summed E-state index contributed by atoms with van der Waals surface area (Å²) in [5, 5.41) is 1.33. The van der Waals surface area contributed by atoms with Crippen molar-refractivity contribution in [3.8, 4) is 22.9 Å². The minimum Gasteiger partial charge on any atom is -0.429 e. The van der Waals surface area contributed by atoms with Gasteiger partial charge in [-0.2, -0.15) is 0 Å². The van der Waals surface area contributed by atoms with Gasteiger partial charge in [-0.3, -0.25) is 0 Å². The summed E-state index contributed by atoms with van der Waals surface area (Å²) in [4.78, 5) is 8.64. The van der Waals surface area contributed by atoms with Crippen LogP contribution in [-0.2, 0) is 0 Å². The number of rotatable bonds is 4. The molecule has 0 saturated carbocycles. The van der Waals surface area contributed by atoms with Crippen LogP contribution in [0.25, 0.3) is 22.9 Å². The first kappa shape index (κ1) is 14.8. The van der Waals surface area contributed by atoms with Crippen LogP contribution < -0.4 is 0 Å². The number of hydrogen-bond acceptors (Lipinski definition) is 5. The molecule has 0 fully saturated rings.